The van der Waals surface area contributed by atoms with Crippen LogP contribution in [0.1, 0.15) is 41.6 Å². The molecule has 0 unspecified atom stereocenters. The number of hydrazine groups is 1. The number of carbonyl (C=O) groups excluding carboxylic acids is 3. The second-order valence-corrected chi connectivity index (χ2v) is 8.72. The van der Waals surface area contributed by atoms with Crippen LogP contribution in [0.4, 0.5) is 5.69 Å². The van der Waals surface area contributed by atoms with E-state index < -0.39 is 34.5 Å². The molecule has 10 heteroatoms. The Bertz CT molecular complexity index is 1080. The highest BCUT2D eigenvalue weighted by Crippen LogP contribution is 2.39. The lowest BCUT2D eigenvalue weighted by Crippen LogP contribution is -2.49. The highest BCUT2D eigenvalue weighted by atomic mass is 35.5. The maximum absolute atomic E-state index is 13.4. The lowest BCUT2D eigenvalue weighted by molar-refractivity contribution is -0.384. The number of rotatable bonds is 5. The maximum atomic E-state index is 13.4. The molecule has 0 bridgehead atoms. The molecule has 4 rings (SSSR count). The number of nitrogens with zero attached hydrogens (tertiary/aromatic N) is 3. The van der Waals surface area contributed by atoms with E-state index in [0.29, 0.717) is 23.4 Å². The molecule has 1 heterocycles. The zero-order chi connectivity index (χ0) is 23.0. The van der Waals surface area contributed by atoms with Crippen molar-refractivity contribution >= 4 is 46.6 Å². The minimum absolute atomic E-state index is 0.0936. The number of benzene rings is 2. The Balaban J connectivity index is 1.71. The molecule has 8 nitrogen and oxygen atoms in total. The summed E-state index contributed by atoms with van der Waals surface area (Å²) in [7, 11) is 0. The topological polar surface area (TPSA) is 101 Å². The third kappa shape index (κ3) is 4.08. The molecule has 0 aromatic heterocycles. The van der Waals surface area contributed by atoms with Gasteiger partial charge in [0.1, 0.15) is 0 Å². The van der Waals surface area contributed by atoms with Crippen LogP contribution in [0, 0.1) is 22.0 Å². The molecule has 2 aliphatic rings. The summed E-state index contributed by atoms with van der Waals surface area (Å²) in [5.74, 6) is -2.27. The second kappa shape index (κ2) is 8.88. The maximum Gasteiger partial charge on any atom is 0.273 e. The molecule has 32 heavy (non-hydrogen) atoms. The summed E-state index contributed by atoms with van der Waals surface area (Å²) < 4.78 is 0. The Labute approximate surface area is 193 Å². The van der Waals surface area contributed by atoms with Gasteiger partial charge in [-0.25, -0.2) is 5.01 Å². The first kappa shape index (κ1) is 22.2. The first-order valence-corrected chi connectivity index (χ1v) is 10.9. The van der Waals surface area contributed by atoms with E-state index in [-0.39, 0.29) is 22.8 Å². The fraction of sp³-hybridized carbons (Fsp3) is 0.318. The van der Waals surface area contributed by atoms with Gasteiger partial charge in [-0.05, 0) is 42.7 Å². The summed E-state index contributed by atoms with van der Waals surface area (Å²) in [4.78, 5) is 50.1. The smallest absolute Gasteiger partial charge is 0.272 e. The van der Waals surface area contributed by atoms with E-state index in [2.05, 4.69) is 0 Å². The van der Waals surface area contributed by atoms with Crippen molar-refractivity contribution in [2.24, 2.45) is 11.8 Å². The van der Waals surface area contributed by atoms with Crippen molar-refractivity contribution in [1.82, 2.24) is 10.0 Å². The highest BCUT2D eigenvalue weighted by molar-refractivity contribution is 6.42. The molecule has 2 aromatic carbocycles. The van der Waals surface area contributed by atoms with Crippen LogP contribution in [0.15, 0.2) is 42.5 Å². The van der Waals surface area contributed by atoms with E-state index in [1.54, 1.807) is 18.2 Å². The van der Waals surface area contributed by atoms with Crippen LogP contribution in [-0.4, -0.2) is 32.7 Å². The molecular formula is C22H19Cl2N3O5. The standard InChI is InChI=1S/C22H19Cl2N3O5/c23-18-10-5-13(11-19(18)24)12-25(20(28)14-6-8-15(9-7-14)27(31)32)26-21(29)16-3-1-2-4-17(16)22(26)30/h5-11,16-17H,1-4,12H2/t16-,17-/m1/s1. The molecule has 0 spiro atoms. The summed E-state index contributed by atoms with van der Waals surface area (Å²) in [6, 6.07) is 9.82. The average molecular weight is 476 g/mol. The normalized spacial score (nSPS) is 20.2. The Morgan fingerprint density at radius 3 is 2.12 bits per heavy atom. The fourth-order valence-electron chi connectivity index (χ4n) is 4.30. The Hall–Kier alpha value is -2.97. The minimum Gasteiger partial charge on any atom is -0.272 e. The largest absolute Gasteiger partial charge is 0.273 e. The fourth-order valence-corrected chi connectivity index (χ4v) is 4.62. The molecule has 0 N–H and O–H groups in total. The molecule has 2 aromatic rings. The van der Waals surface area contributed by atoms with Crippen molar-refractivity contribution in [1.29, 1.82) is 0 Å². The van der Waals surface area contributed by atoms with E-state index in [1.165, 1.54) is 24.3 Å². The monoisotopic (exact) mass is 475 g/mol. The summed E-state index contributed by atoms with van der Waals surface area (Å²) in [5, 5.41) is 13.6. The number of imide groups is 1. The molecule has 1 saturated heterocycles. The first-order chi connectivity index (χ1) is 15.3. The number of nitro groups is 1. The van der Waals surface area contributed by atoms with Crippen molar-refractivity contribution < 1.29 is 19.3 Å². The van der Waals surface area contributed by atoms with Gasteiger partial charge in [0.15, 0.2) is 0 Å². The number of non-ortho nitro benzene ring substituents is 1. The van der Waals surface area contributed by atoms with Gasteiger partial charge < -0.3 is 0 Å². The number of nitro benzene ring substituents is 1. The number of amides is 3. The van der Waals surface area contributed by atoms with E-state index in [9.17, 15) is 24.5 Å². The van der Waals surface area contributed by atoms with Gasteiger partial charge >= 0.3 is 0 Å². The first-order valence-electron chi connectivity index (χ1n) is 10.2. The Kier molecular flexibility index (Phi) is 6.17. The lowest BCUT2D eigenvalue weighted by atomic mass is 9.81. The molecular weight excluding hydrogens is 457 g/mol. The molecule has 1 aliphatic heterocycles. The van der Waals surface area contributed by atoms with Gasteiger partial charge in [0.2, 0.25) is 0 Å². The van der Waals surface area contributed by atoms with Gasteiger partial charge in [0.05, 0.1) is 33.3 Å². The lowest BCUT2D eigenvalue weighted by Gasteiger charge is -2.30. The number of carbonyl (C=O) groups is 3. The van der Waals surface area contributed by atoms with Crippen LogP contribution in [0.2, 0.25) is 10.0 Å². The van der Waals surface area contributed by atoms with Gasteiger partial charge in [0.25, 0.3) is 23.4 Å². The zero-order valence-corrected chi connectivity index (χ0v) is 18.4. The Morgan fingerprint density at radius 1 is 1.00 bits per heavy atom. The van der Waals surface area contributed by atoms with Crippen LogP contribution in [0.5, 0.6) is 0 Å². The van der Waals surface area contributed by atoms with Crippen molar-refractivity contribution in [2.75, 3.05) is 0 Å². The van der Waals surface area contributed by atoms with Gasteiger partial charge in [-0.15, -0.1) is 0 Å². The van der Waals surface area contributed by atoms with Crippen molar-refractivity contribution in [3.8, 4) is 0 Å². The number of hydrogen-bond donors (Lipinski definition) is 0. The molecule has 166 valence electrons. The predicted octanol–water partition coefficient (Wildman–Crippen LogP) is 4.63. The molecule has 3 amide bonds. The van der Waals surface area contributed by atoms with Crippen LogP contribution in [0.25, 0.3) is 0 Å². The highest BCUT2D eigenvalue weighted by Gasteiger charge is 2.51. The summed E-state index contributed by atoms with van der Waals surface area (Å²) in [6.07, 6.45) is 2.93. The third-order valence-corrected chi connectivity index (χ3v) is 6.67. The van der Waals surface area contributed by atoms with Crippen molar-refractivity contribution in [2.45, 2.75) is 32.2 Å². The van der Waals surface area contributed by atoms with Crippen molar-refractivity contribution in [3.05, 3.63) is 73.8 Å². The van der Waals surface area contributed by atoms with Crippen LogP contribution < -0.4 is 0 Å². The van der Waals surface area contributed by atoms with E-state index >= 15 is 0 Å². The summed E-state index contributed by atoms with van der Waals surface area (Å²) in [6.45, 7) is -0.0936. The molecule has 1 aliphatic carbocycles. The average Bonchev–Trinajstić information content (AvgIpc) is 3.04. The van der Waals surface area contributed by atoms with Gasteiger partial charge in [-0.3, -0.25) is 24.5 Å². The zero-order valence-electron chi connectivity index (χ0n) is 16.9. The van der Waals surface area contributed by atoms with E-state index in [4.69, 9.17) is 23.2 Å². The third-order valence-electron chi connectivity index (χ3n) is 5.94. The van der Waals surface area contributed by atoms with Gasteiger partial charge in [-0.1, -0.05) is 42.1 Å². The second-order valence-electron chi connectivity index (χ2n) is 7.90. The van der Waals surface area contributed by atoms with Crippen LogP contribution in [-0.2, 0) is 16.1 Å². The van der Waals surface area contributed by atoms with Gasteiger partial charge in [0, 0.05) is 17.7 Å². The van der Waals surface area contributed by atoms with Crippen LogP contribution in [0.3, 0.4) is 0 Å². The number of fused-ring (bicyclic) bond motifs is 1. The number of halogens is 2. The van der Waals surface area contributed by atoms with Crippen LogP contribution >= 0.6 is 23.2 Å². The quantitative estimate of drug-likeness (QED) is 0.356. The molecule has 0 radical (unpaired) electrons. The predicted molar refractivity (Wildman–Crippen MR) is 117 cm³/mol. The molecule has 1 saturated carbocycles. The Morgan fingerprint density at radius 2 is 1.59 bits per heavy atom. The summed E-state index contributed by atoms with van der Waals surface area (Å²) in [5.41, 5.74) is 0.521. The summed E-state index contributed by atoms with van der Waals surface area (Å²) >= 11 is 12.1. The SMILES string of the molecule is O=C(c1ccc([N+](=O)[O-])cc1)N(Cc1ccc(Cl)c(Cl)c1)N1C(=O)[C@@H]2CCCC[C@H]2C1=O. The molecule has 2 atom stereocenters. The van der Waals surface area contributed by atoms with E-state index in [0.717, 1.165) is 22.9 Å². The van der Waals surface area contributed by atoms with E-state index in [1.807, 2.05) is 0 Å². The van der Waals surface area contributed by atoms with Gasteiger partial charge in [-0.2, -0.15) is 5.01 Å². The van der Waals surface area contributed by atoms with Crippen molar-refractivity contribution in [3.63, 3.8) is 0 Å². The molecule has 2 fully saturated rings. The minimum atomic E-state index is -0.619. The number of hydrogen-bond acceptors (Lipinski definition) is 5.